The molecule has 2 fully saturated rings. The van der Waals surface area contributed by atoms with Crippen LogP contribution in [-0.2, 0) is 0 Å². The monoisotopic (exact) mass is 139 g/mol. The van der Waals surface area contributed by atoms with Crippen LogP contribution in [0.2, 0.25) is 0 Å². The Hall–Kier alpha value is -0.0400. The minimum absolute atomic E-state index is 0.703. The van der Waals surface area contributed by atoms with E-state index >= 15 is 0 Å². The second kappa shape index (κ2) is 1.97. The number of likely N-dealkylation sites (tertiary alicyclic amines) is 1. The lowest BCUT2D eigenvalue weighted by molar-refractivity contribution is 0.364. The van der Waals surface area contributed by atoms with E-state index in [1.165, 1.54) is 32.2 Å². The van der Waals surface area contributed by atoms with Gasteiger partial charge >= 0.3 is 0 Å². The average molecular weight is 139 g/mol. The number of likely N-dealkylation sites (N-methyl/N-ethyl adjacent to an activating group) is 1. The van der Waals surface area contributed by atoms with Crippen molar-refractivity contribution in [3.63, 3.8) is 0 Å². The summed E-state index contributed by atoms with van der Waals surface area (Å²) in [6.45, 7) is 5.90. The van der Waals surface area contributed by atoms with Gasteiger partial charge in [-0.2, -0.15) is 0 Å². The maximum atomic E-state index is 2.68. The van der Waals surface area contributed by atoms with Crippen molar-refractivity contribution in [1.29, 1.82) is 0 Å². The summed E-state index contributed by atoms with van der Waals surface area (Å²) in [5.74, 6) is 0. The van der Waals surface area contributed by atoms with E-state index in [4.69, 9.17) is 0 Å². The molecular weight excluding hydrogens is 122 g/mol. The first-order valence-corrected chi connectivity index (χ1v) is 4.62. The molecule has 10 heavy (non-hydrogen) atoms. The fourth-order valence-corrected chi connectivity index (χ4v) is 2.99. The molecule has 3 unspecified atom stereocenters. The Morgan fingerprint density at radius 3 is 2.70 bits per heavy atom. The minimum atomic E-state index is 0.703. The zero-order valence-corrected chi connectivity index (χ0v) is 7.06. The average Bonchev–Trinajstić information content (AvgIpc) is 2.38. The lowest BCUT2D eigenvalue weighted by atomic mass is 10.0. The predicted molar refractivity (Wildman–Crippen MR) is 43.0 cm³/mol. The van der Waals surface area contributed by atoms with Crippen LogP contribution in [0, 0.1) is 0 Å². The van der Waals surface area contributed by atoms with Crippen molar-refractivity contribution in [2.45, 2.75) is 51.1 Å². The first kappa shape index (κ1) is 6.66. The van der Waals surface area contributed by atoms with Crippen molar-refractivity contribution in [3.8, 4) is 0 Å². The molecule has 1 aliphatic carbocycles. The smallest absolute Gasteiger partial charge is 0.0365 e. The van der Waals surface area contributed by atoms with E-state index in [9.17, 15) is 0 Å². The molecule has 2 rings (SSSR count). The molecule has 1 nitrogen and oxygen atoms in total. The Morgan fingerprint density at radius 1 is 1.50 bits per heavy atom. The van der Waals surface area contributed by atoms with Gasteiger partial charge < -0.3 is 0 Å². The Labute approximate surface area is 63.4 Å². The summed E-state index contributed by atoms with van der Waals surface area (Å²) in [5.41, 5.74) is 0.703. The molecule has 58 valence electrons. The Balaban J connectivity index is 2.07. The third kappa shape index (κ3) is 0.572. The standard InChI is InChI=1S/C9H17N/c1-3-9-7-5-6-8(9)10(9)4-2/h8H,3-7H2,1-2H3. The number of rotatable bonds is 2. The second-order valence-electron chi connectivity index (χ2n) is 3.65. The van der Waals surface area contributed by atoms with E-state index in [2.05, 4.69) is 18.7 Å². The summed E-state index contributed by atoms with van der Waals surface area (Å²) in [6, 6.07) is 0.988. The van der Waals surface area contributed by atoms with E-state index < -0.39 is 0 Å². The van der Waals surface area contributed by atoms with Crippen LogP contribution in [0.5, 0.6) is 0 Å². The fourth-order valence-electron chi connectivity index (χ4n) is 2.99. The molecule has 3 atom stereocenters. The van der Waals surface area contributed by atoms with Crippen LogP contribution in [0.1, 0.15) is 39.5 Å². The van der Waals surface area contributed by atoms with E-state index in [0.717, 1.165) is 6.04 Å². The number of piperidine rings is 1. The summed E-state index contributed by atoms with van der Waals surface area (Å²) in [5, 5.41) is 0. The molecule has 0 amide bonds. The zero-order valence-electron chi connectivity index (χ0n) is 7.06. The topological polar surface area (TPSA) is 3.01 Å². The lowest BCUT2D eigenvalue weighted by Crippen LogP contribution is -2.16. The summed E-state index contributed by atoms with van der Waals surface area (Å²) < 4.78 is 0. The van der Waals surface area contributed by atoms with Gasteiger partial charge in [-0.25, -0.2) is 0 Å². The van der Waals surface area contributed by atoms with E-state index in [1.807, 2.05) is 0 Å². The lowest BCUT2D eigenvalue weighted by Gasteiger charge is -2.11. The molecule has 0 aromatic rings. The molecule has 1 heterocycles. The SMILES string of the molecule is CCN1C2CCCC21CC. The van der Waals surface area contributed by atoms with E-state index in [1.54, 1.807) is 0 Å². The molecule has 0 aromatic carbocycles. The number of hydrogen-bond donors (Lipinski definition) is 0. The van der Waals surface area contributed by atoms with Crippen LogP contribution in [0.4, 0.5) is 0 Å². The molecule has 2 aliphatic rings. The highest BCUT2D eigenvalue weighted by molar-refractivity contribution is 5.19. The Morgan fingerprint density at radius 2 is 2.30 bits per heavy atom. The number of fused-ring (bicyclic) bond motifs is 1. The molecule has 1 heteroatoms. The molecule has 0 spiro atoms. The quantitative estimate of drug-likeness (QED) is 0.529. The molecule has 1 aliphatic heterocycles. The van der Waals surface area contributed by atoms with Crippen LogP contribution < -0.4 is 0 Å². The molecule has 0 radical (unpaired) electrons. The Kier molecular flexibility index (Phi) is 1.31. The number of nitrogens with zero attached hydrogens (tertiary/aromatic N) is 1. The first-order chi connectivity index (χ1) is 4.85. The van der Waals surface area contributed by atoms with Crippen LogP contribution in [0.25, 0.3) is 0 Å². The molecule has 1 saturated heterocycles. The highest BCUT2D eigenvalue weighted by atomic mass is 15.4. The van der Waals surface area contributed by atoms with Crippen molar-refractivity contribution in [1.82, 2.24) is 4.90 Å². The predicted octanol–water partition coefficient (Wildman–Crippen LogP) is 2.02. The third-order valence-electron chi connectivity index (χ3n) is 3.54. The summed E-state index contributed by atoms with van der Waals surface area (Å²) in [6.07, 6.45) is 5.81. The van der Waals surface area contributed by atoms with Gasteiger partial charge in [-0.15, -0.1) is 0 Å². The fraction of sp³-hybridized carbons (Fsp3) is 1.00. The zero-order chi connectivity index (χ0) is 7.19. The summed E-state index contributed by atoms with van der Waals surface area (Å²) >= 11 is 0. The highest BCUT2D eigenvalue weighted by Crippen LogP contribution is 2.54. The van der Waals surface area contributed by atoms with Crippen molar-refractivity contribution in [3.05, 3.63) is 0 Å². The van der Waals surface area contributed by atoms with Crippen LogP contribution >= 0.6 is 0 Å². The van der Waals surface area contributed by atoms with E-state index in [0.29, 0.717) is 5.54 Å². The van der Waals surface area contributed by atoms with Gasteiger partial charge in [-0.1, -0.05) is 13.8 Å². The van der Waals surface area contributed by atoms with E-state index in [-0.39, 0.29) is 0 Å². The maximum absolute atomic E-state index is 2.68. The largest absolute Gasteiger partial charge is 0.292 e. The van der Waals surface area contributed by atoms with Gasteiger partial charge in [0, 0.05) is 11.6 Å². The van der Waals surface area contributed by atoms with Gasteiger partial charge in [0.1, 0.15) is 0 Å². The summed E-state index contributed by atoms with van der Waals surface area (Å²) in [7, 11) is 0. The van der Waals surface area contributed by atoms with Gasteiger partial charge in [0.2, 0.25) is 0 Å². The molecule has 0 aromatic heterocycles. The third-order valence-corrected chi connectivity index (χ3v) is 3.54. The number of hydrogen-bond acceptors (Lipinski definition) is 1. The van der Waals surface area contributed by atoms with Crippen LogP contribution in [0.3, 0.4) is 0 Å². The second-order valence-corrected chi connectivity index (χ2v) is 3.65. The van der Waals surface area contributed by atoms with Crippen LogP contribution in [-0.4, -0.2) is 23.0 Å². The molecular formula is C9H17N. The van der Waals surface area contributed by atoms with Crippen molar-refractivity contribution < 1.29 is 0 Å². The summed E-state index contributed by atoms with van der Waals surface area (Å²) in [4.78, 5) is 2.68. The normalized spacial score (nSPS) is 51.0. The van der Waals surface area contributed by atoms with Gasteiger partial charge in [-0.05, 0) is 32.2 Å². The van der Waals surface area contributed by atoms with Gasteiger partial charge in [-0.3, -0.25) is 4.90 Å². The van der Waals surface area contributed by atoms with Crippen molar-refractivity contribution in [2.24, 2.45) is 0 Å². The first-order valence-electron chi connectivity index (χ1n) is 4.62. The van der Waals surface area contributed by atoms with Gasteiger partial charge in [0.15, 0.2) is 0 Å². The van der Waals surface area contributed by atoms with Crippen LogP contribution in [0.15, 0.2) is 0 Å². The maximum Gasteiger partial charge on any atom is 0.0365 e. The molecule has 1 saturated carbocycles. The van der Waals surface area contributed by atoms with Crippen molar-refractivity contribution >= 4 is 0 Å². The molecule has 0 bridgehead atoms. The van der Waals surface area contributed by atoms with Gasteiger partial charge in [0.25, 0.3) is 0 Å². The molecule has 0 N–H and O–H groups in total. The highest BCUT2D eigenvalue weighted by Gasteiger charge is 2.62. The van der Waals surface area contributed by atoms with Gasteiger partial charge in [0.05, 0.1) is 0 Å². The minimum Gasteiger partial charge on any atom is -0.292 e. The van der Waals surface area contributed by atoms with Crippen molar-refractivity contribution in [2.75, 3.05) is 6.54 Å². The Bertz CT molecular complexity index is 138.